The van der Waals surface area contributed by atoms with Crippen molar-refractivity contribution < 1.29 is 9.53 Å². The molecule has 0 aliphatic rings. The van der Waals surface area contributed by atoms with Gasteiger partial charge >= 0.3 is 0 Å². The van der Waals surface area contributed by atoms with E-state index in [4.69, 9.17) is 22.1 Å². The van der Waals surface area contributed by atoms with Gasteiger partial charge in [-0.05, 0) is 19.1 Å². The minimum absolute atomic E-state index is 0.0235. The molecule has 0 aliphatic heterocycles. The summed E-state index contributed by atoms with van der Waals surface area (Å²) >= 11 is 5.83. The molecule has 14 heavy (non-hydrogen) atoms. The molecule has 1 aromatic rings. The Labute approximate surface area is 87.8 Å². The summed E-state index contributed by atoms with van der Waals surface area (Å²) in [6.07, 6.45) is 0. The van der Waals surface area contributed by atoms with Crippen LogP contribution >= 0.6 is 11.6 Å². The SMILES string of the molecule is COc1cc(Cl)cc(C(=O)CN)c1C. The first-order chi connectivity index (χ1) is 6.60. The van der Waals surface area contributed by atoms with Crippen LogP contribution in [0.4, 0.5) is 0 Å². The fourth-order valence-corrected chi connectivity index (χ4v) is 1.47. The van der Waals surface area contributed by atoms with E-state index in [1.807, 2.05) is 0 Å². The lowest BCUT2D eigenvalue weighted by Gasteiger charge is -2.09. The Bertz CT molecular complexity index is 363. The maximum Gasteiger partial charge on any atom is 0.176 e. The first-order valence-corrected chi connectivity index (χ1v) is 4.55. The summed E-state index contributed by atoms with van der Waals surface area (Å²) in [5.74, 6) is 0.470. The van der Waals surface area contributed by atoms with Crippen LogP contribution in [0, 0.1) is 6.92 Å². The number of ketones is 1. The van der Waals surface area contributed by atoms with Gasteiger partial charge in [0.05, 0.1) is 13.7 Å². The van der Waals surface area contributed by atoms with E-state index in [1.54, 1.807) is 19.1 Å². The topological polar surface area (TPSA) is 52.3 Å². The Balaban J connectivity index is 3.29. The van der Waals surface area contributed by atoms with E-state index in [-0.39, 0.29) is 12.3 Å². The van der Waals surface area contributed by atoms with Gasteiger partial charge in [-0.3, -0.25) is 4.79 Å². The van der Waals surface area contributed by atoms with Crippen molar-refractivity contribution in [1.82, 2.24) is 0 Å². The molecule has 0 unspecified atom stereocenters. The third-order valence-corrected chi connectivity index (χ3v) is 2.25. The van der Waals surface area contributed by atoms with E-state index in [2.05, 4.69) is 0 Å². The van der Waals surface area contributed by atoms with Gasteiger partial charge in [0.25, 0.3) is 0 Å². The van der Waals surface area contributed by atoms with Gasteiger partial charge in [0.2, 0.25) is 0 Å². The average Bonchev–Trinajstić information content (AvgIpc) is 2.19. The van der Waals surface area contributed by atoms with Gasteiger partial charge in [-0.25, -0.2) is 0 Å². The van der Waals surface area contributed by atoms with Crippen LogP contribution in [-0.2, 0) is 0 Å². The third kappa shape index (κ3) is 2.05. The number of carbonyl (C=O) groups excluding carboxylic acids is 1. The molecule has 0 atom stereocenters. The number of hydrogen-bond donors (Lipinski definition) is 1. The first-order valence-electron chi connectivity index (χ1n) is 4.17. The molecule has 76 valence electrons. The molecule has 0 fully saturated rings. The van der Waals surface area contributed by atoms with Crippen LogP contribution in [-0.4, -0.2) is 19.4 Å². The lowest BCUT2D eigenvalue weighted by molar-refractivity contribution is 0.100. The minimum Gasteiger partial charge on any atom is -0.496 e. The minimum atomic E-state index is -0.136. The van der Waals surface area contributed by atoms with Crippen LogP contribution in [0.3, 0.4) is 0 Å². The number of hydrogen-bond acceptors (Lipinski definition) is 3. The summed E-state index contributed by atoms with van der Waals surface area (Å²) in [6.45, 7) is 1.78. The zero-order valence-electron chi connectivity index (χ0n) is 8.13. The van der Waals surface area contributed by atoms with Crippen LogP contribution in [0.1, 0.15) is 15.9 Å². The number of benzene rings is 1. The van der Waals surface area contributed by atoms with Crippen molar-refractivity contribution in [3.63, 3.8) is 0 Å². The number of Topliss-reactive ketones (excluding diaryl/α,β-unsaturated/α-hetero) is 1. The Morgan fingerprint density at radius 3 is 2.71 bits per heavy atom. The number of methoxy groups -OCH3 is 1. The molecule has 0 aromatic heterocycles. The highest BCUT2D eigenvalue weighted by Gasteiger charge is 2.12. The molecule has 1 aromatic carbocycles. The van der Waals surface area contributed by atoms with E-state index in [0.717, 1.165) is 5.56 Å². The van der Waals surface area contributed by atoms with Gasteiger partial charge in [0.1, 0.15) is 5.75 Å². The van der Waals surface area contributed by atoms with Crippen molar-refractivity contribution in [1.29, 1.82) is 0 Å². The molecular weight excluding hydrogens is 202 g/mol. The number of rotatable bonds is 3. The van der Waals surface area contributed by atoms with E-state index in [9.17, 15) is 4.79 Å². The second-order valence-electron chi connectivity index (χ2n) is 2.91. The zero-order chi connectivity index (χ0) is 10.7. The lowest BCUT2D eigenvalue weighted by atomic mass is 10.0. The van der Waals surface area contributed by atoms with Crippen molar-refractivity contribution in [3.8, 4) is 5.75 Å². The average molecular weight is 214 g/mol. The number of nitrogens with two attached hydrogens (primary N) is 1. The van der Waals surface area contributed by atoms with Gasteiger partial charge in [-0.1, -0.05) is 11.6 Å². The molecule has 0 bridgehead atoms. The highest BCUT2D eigenvalue weighted by Crippen LogP contribution is 2.26. The predicted octanol–water partition coefficient (Wildman–Crippen LogP) is 1.80. The van der Waals surface area contributed by atoms with Crippen LogP contribution in [0.2, 0.25) is 5.02 Å². The monoisotopic (exact) mass is 213 g/mol. The fraction of sp³-hybridized carbons (Fsp3) is 0.300. The molecule has 4 heteroatoms. The molecular formula is C10H12ClNO2. The second-order valence-corrected chi connectivity index (χ2v) is 3.34. The Morgan fingerprint density at radius 2 is 2.21 bits per heavy atom. The van der Waals surface area contributed by atoms with Crippen molar-refractivity contribution in [2.75, 3.05) is 13.7 Å². The van der Waals surface area contributed by atoms with Crippen LogP contribution in [0.25, 0.3) is 0 Å². The number of ether oxygens (including phenoxy) is 1. The van der Waals surface area contributed by atoms with Gasteiger partial charge in [0.15, 0.2) is 5.78 Å². The summed E-state index contributed by atoms with van der Waals surface area (Å²) in [5.41, 5.74) is 6.58. The summed E-state index contributed by atoms with van der Waals surface area (Å²) in [6, 6.07) is 3.28. The van der Waals surface area contributed by atoms with Crippen molar-refractivity contribution in [2.24, 2.45) is 5.73 Å². The maximum absolute atomic E-state index is 11.4. The van der Waals surface area contributed by atoms with Gasteiger partial charge in [0, 0.05) is 16.1 Å². The molecule has 3 nitrogen and oxygen atoms in total. The fourth-order valence-electron chi connectivity index (χ4n) is 1.27. The summed E-state index contributed by atoms with van der Waals surface area (Å²) < 4.78 is 5.08. The molecule has 0 saturated carbocycles. The van der Waals surface area contributed by atoms with Crippen molar-refractivity contribution in [3.05, 3.63) is 28.3 Å². The lowest BCUT2D eigenvalue weighted by Crippen LogP contribution is -2.15. The van der Waals surface area contributed by atoms with Crippen LogP contribution < -0.4 is 10.5 Å². The van der Waals surface area contributed by atoms with Crippen molar-refractivity contribution in [2.45, 2.75) is 6.92 Å². The van der Waals surface area contributed by atoms with Gasteiger partial charge < -0.3 is 10.5 Å². The highest BCUT2D eigenvalue weighted by molar-refractivity contribution is 6.31. The van der Waals surface area contributed by atoms with Gasteiger partial charge in [-0.2, -0.15) is 0 Å². The quantitative estimate of drug-likeness (QED) is 0.779. The van der Waals surface area contributed by atoms with Crippen LogP contribution in [0.15, 0.2) is 12.1 Å². The van der Waals surface area contributed by atoms with Crippen molar-refractivity contribution >= 4 is 17.4 Å². The summed E-state index contributed by atoms with van der Waals surface area (Å²) in [4.78, 5) is 11.4. The number of halogens is 1. The maximum atomic E-state index is 11.4. The normalized spacial score (nSPS) is 10.0. The molecule has 2 N–H and O–H groups in total. The molecule has 0 radical (unpaired) electrons. The predicted molar refractivity (Wildman–Crippen MR) is 56.1 cm³/mol. The summed E-state index contributed by atoms with van der Waals surface area (Å²) in [5, 5.41) is 0.476. The molecule has 0 spiro atoms. The standard InChI is InChI=1S/C10H12ClNO2/c1-6-8(9(13)5-12)3-7(11)4-10(6)14-2/h3-4H,5,12H2,1-2H3. The van der Waals surface area contributed by atoms with Crippen LogP contribution in [0.5, 0.6) is 5.75 Å². The highest BCUT2D eigenvalue weighted by atomic mass is 35.5. The molecule has 0 saturated heterocycles. The largest absolute Gasteiger partial charge is 0.496 e. The zero-order valence-corrected chi connectivity index (χ0v) is 8.89. The Morgan fingerprint density at radius 1 is 1.57 bits per heavy atom. The summed E-state index contributed by atoms with van der Waals surface area (Å²) in [7, 11) is 1.54. The van der Waals surface area contributed by atoms with E-state index < -0.39 is 0 Å². The first kappa shape index (κ1) is 11.0. The molecule has 0 heterocycles. The number of carbonyl (C=O) groups is 1. The van der Waals surface area contributed by atoms with E-state index in [0.29, 0.717) is 16.3 Å². The second kappa shape index (κ2) is 4.44. The van der Waals surface area contributed by atoms with E-state index >= 15 is 0 Å². The molecule has 0 amide bonds. The van der Waals surface area contributed by atoms with E-state index in [1.165, 1.54) is 7.11 Å². The molecule has 1 rings (SSSR count). The smallest absolute Gasteiger partial charge is 0.176 e. The third-order valence-electron chi connectivity index (χ3n) is 2.03. The van der Waals surface area contributed by atoms with Gasteiger partial charge in [-0.15, -0.1) is 0 Å². The Hall–Kier alpha value is -1.06. The Kier molecular flexibility index (Phi) is 3.49. The molecule has 0 aliphatic carbocycles.